The Morgan fingerprint density at radius 2 is 1.85 bits per heavy atom. The molecule has 3 heteroatoms. The lowest BCUT2D eigenvalue weighted by Crippen LogP contribution is -2.37. The first-order valence-electron chi connectivity index (χ1n) is 7.97. The van der Waals surface area contributed by atoms with Gasteiger partial charge in [0.05, 0.1) is 6.61 Å². The number of nitrogens with zero attached hydrogens (tertiary/aromatic N) is 1. The van der Waals surface area contributed by atoms with Crippen LogP contribution in [0, 0.1) is 0 Å². The number of benzene rings is 1. The molecule has 2 rings (SSSR count). The molecular weight excluding hydrogens is 248 g/mol. The molecule has 0 aliphatic carbocycles. The van der Waals surface area contributed by atoms with E-state index < -0.39 is 0 Å². The van der Waals surface area contributed by atoms with Crippen molar-refractivity contribution in [2.24, 2.45) is 0 Å². The maximum Gasteiger partial charge on any atom is 0.0585 e. The Kier molecular flexibility index (Phi) is 6.51. The fraction of sp³-hybridized carbons (Fsp3) is 0.647. The molecule has 112 valence electrons. The summed E-state index contributed by atoms with van der Waals surface area (Å²) in [5, 5.41) is 12.8. The van der Waals surface area contributed by atoms with Crippen molar-refractivity contribution in [2.75, 3.05) is 32.8 Å². The molecule has 0 radical (unpaired) electrons. The van der Waals surface area contributed by atoms with Gasteiger partial charge in [0.1, 0.15) is 0 Å². The highest BCUT2D eigenvalue weighted by atomic mass is 16.3. The highest BCUT2D eigenvalue weighted by Gasteiger charge is 2.15. The van der Waals surface area contributed by atoms with Gasteiger partial charge in [0.15, 0.2) is 0 Å². The fourth-order valence-corrected chi connectivity index (χ4v) is 2.88. The zero-order chi connectivity index (χ0) is 14.2. The zero-order valence-corrected chi connectivity index (χ0v) is 12.6. The van der Waals surface area contributed by atoms with E-state index in [1.807, 2.05) is 0 Å². The van der Waals surface area contributed by atoms with Gasteiger partial charge in [-0.3, -0.25) is 0 Å². The zero-order valence-electron chi connectivity index (χ0n) is 12.6. The fourth-order valence-electron chi connectivity index (χ4n) is 2.88. The van der Waals surface area contributed by atoms with E-state index in [0.29, 0.717) is 0 Å². The predicted molar refractivity (Wildman–Crippen MR) is 84.1 cm³/mol. The summed E-state index contributed by atoms with van der Waals surface area (Å²) in [4.78, 5) is 2.54. The predicted octanol–water partition coefficient (Wildman–Crippen LogP) is 1.84. The first kappa shape index (κ1) is 15.5. The minimum absolute atomic E-state index is 0.244. The van der Waals surface area contributed by atoms with Gasteiger partial charge in [-0.25, -0.2) is 0 Å². The van der Waals surface area contributed by atoms with Gasteiger partial charge < -0.3 is 15.3 Å². The molecule has 0 bridgehead atoms. The van der Waals surface area contributed by atoms with Crippen LogP contribution in [0.1, 0.15) is 30.9 Å². The number of fused-ring (bicyclic) bond motifs is 1. The number of nitrogens with one attached hydrogen (secondary N) is 1. The molecule has 1 unspecified atom stereocenters. The van der Waals surface area contributed by atoms with E-state index in [1.165, 1.54) is 11.1 Å². The molecule has 0 saturated heterocycles. The van der Waals surface area contributed by atoms with Crippen LogP contribution < -0.4 is 5.32 Å². The standard InChI is InChI=1S/C17H28N2O/c1-2-10-18-17(14-20)9-13-19-11-7-15-5-3-4-6-16(15)8-12-19/h3-6,17-18,20H,2,7-14H2,1H3. The second-order valence-corrected chi connectivity index (χ2v) is 5.73. The summed E-state index contributed by atoms with van der Waals surface area (Å²) in [5.41, 5.74) is 3.02. The third kappa shape index (κ3) is 4.58. The molecule has 1 aromatic carbocycles. The summed E-state index contributed by atoms with van der Waals surface area (Å²) in [6.07, 6.45) is 4.47. The smallest absolute Gasteiger partial charge is 0.0585 e. The third-order valence-electron chi connectivity index (χ3n) is 4.21. The van der Waals surface area contributed by atoms with Crippen LogP contribution in [0.2, 0.25) is 0 Å². The summed E-state index contributed by atoms with van der Waals surface area (Å²) in [7, 11) is 0. The molecule has 1 aliphatic heterocycles. The topological polar surface area (TPSA) is 35.5 Å². The molecule has 20 heavy (non-hydrogen) atoms. The molecule has 1 aromatic rings. The van der Waals surface area contributed by atoms with E-state index in [1.54, 1.807) is 0 Å². The van der Waals surface area contributed by atoms with E-state index in [4.69, 9.17) is 0 Å². The van der Waals surface area contributed by atoms with Crippen molar-refractivity contribution in [1.82, 2.24) is 10.2 Å². The van der Waals surface area contributed by atoms with Crippen LogP contribution in [-0.4, -0.2) is 48.8 Å². The summed E-state index contributed by atoms with van der Waals surface area (Å²) in [6.45, 7) is 6.76. The molecule has 0 fully saturated rings. The maximum absolute atomic E-state index is 9.40. The lowest BCUT2D eigenvalue weighted by Gasteiger charge is -2.23. The maximum atomic E-state index is 9.40. The van der Waals surface area contributed by atoms with E-state index in [2.05, 4.69) is 41.4 Å². The van der Waals surface area contributed by atoms with Gasteiger partial charge in [-0.1, -0.05) is 31.2 Å². The average Bonchev–Trinajstić information content (AvgIpc) is 2.70. The number of hydrogen-bond acceptors (Lipinski definition) is 3. The van der Waals surface area contributed by atoms with Crippen molar-refractivity contribution in [3.05, 3.63) is 35.4 Å². The van der Waals surface area contributed by atoms with E-state index >= 15 is 0 Å². The lowest BCUT2D eigenvalue weighted by molar-refractivity contribution is 0.208. The number of rotatable bonds is 7. The molecule has 1 aliphatic rings. The molecule has 1 heterocycles. The van der Waals surface area contributed by atoms with E-state index in [9.17, 15) is 5.11 Å². The van der Waals surface area contributed by atoms with Crippen molar-refractivity contribution in [3.63, 3.8) is 0 Å². The van der Waals surface area contributed by atoms with Crippen LogP contribution in [0.25, 0.3) is 0 Å². The summed E-state index contributed by atoms with van der Waals surface area (Å²) in [5.74, 6) is 0. The van der Waals surface area contributed by atoms with Crippen molar-refractivity contribution in [1.29, 1.82) is 0 Å². The van der Waals surface area contributed by atoms with Crippen LogP contribution in [0.5, 0.6) is 0 Å². The van der Waals surface area contributed by atoms with E-state index in [-0.39, 0.29) is 12.6 Å². The van der Waals surface area contributed by atoms with Gasteiger partial charge in [-0.05, 0) is 49.9 Å². The number of aliphatic hydroxyl groups excluding tert-OH is 1. The van der Waals surface area contributed by atoms with Crippen LogP contribution in [0.4, 0.5) is 0 Å². The number of hydrogen-bond donors (Lipinski definition) is 2. The molecule has 0 saturated carbocycles. The van der Waals surface area contributed by atoms with E-state index in [0.717, 1.165) is 51.9 Å². The Labute approximate surface area is 123 Å². The van der Waals surface area contributed by atoms with Gasteiger partial charge in [0, 0.05) is 19.1 Å². The minimum atomic E-state index is 0.244. The molecule has 3 nitrogen and oxygen atoms in total. The van der Waals surface area contributed by atoms with Crippen molar-refractivity contribution < 1.29 is 5.11 Å². The van der Waals surface area contributed by atoms with Gasteiger partial charge >= 0.3 is 0 Å². The third-order valence-corrected chi connectivity index (χ3v) is 4.21. The van der Waals surface area contributed by atoms with Crippen molar-refractivity contribution >= 4 is 0 Å². The van der Waals surface area contributed by atoms with Gasteiger partial charge in [-0.15, -0.1) is 0 Å². The number of aliphatic hydroxyl groups is 1. The van der Waals surface area contributed by atoms with Gasteiger partial charge in [0.2, 0.25) is 0 Å². The van der Waals surface area contributed by atoms with Crippen molar-refractivity contribution in [2.45, 2.75) is 38.6 Å². The molecular formula is C17H28N2O. The van der Waals surface area contributed by atoms with Gasteiger partial charge in [-0.2, -0.15) is 0 Å². The Hall–Kier alpha value is -0.900. The Morgan fingerprint density at radius 3 is 2.40 bits per heavy atom. The molecule has 2 N–H and O–H groups in total. The first-order valence-corrected chi connectivity index (χ1v) is 7.97. The first-order chi connectivity index (χ1) is 9.83. The molecule has 1 atom stereocenters. The highest BCUT2D eigenvalue weighted by Crippen LogP contribution is 2.15. The highest BCUT2D eigenvalue weighted by molar-refractivity contribution is 5.28. The van der Waals surface area contributed by atoms with Crippen LogP contribution >= 0.6 is 0 Å². The summed E-state index contributed by atoms with van der Waals surface area (Å²) in [6, 6.07) is 9.06. The Balaban J connectivity index is 1.78. The largest absolute Gasteiger partial charge is 0.395 e. The molecule has 0 amide bonds. The summed E-state index contributed by atoms with van der Waals surface area (Å²) >= 11 is 0. The molecule has 0 aromatic heterocycles. The normalized spacial score (nSPS) is 17.5. The van der Waals surface area contributed by atoms with Gasteiger partial charge in [0.25, 0.3) is 0 Å². The van der Waals surface area contributed by atoms with Crippen molar-refractivity contribution in [3.8, 4) is 0 Å². The van der Waals surface area contributed by atoms with Crippen LogP contribution in [0.15, 0.2) is 24.3 Å². The monoisotopic (exact) mass is 276 g/mol. The Morgan fingerprint density at radius 1 is 1.20 bits per heavy atom. The average molecular weight is 276 g/mol. The Bertz CT molecular complexity index is 367. The second-order valence-electron chi connectivity index (χ2n) is 5.73. The lowest BCUT2D eigenvalue weighted by atomic mass is 10.0. The SMILES string of the molecule is CCCNC(CO)CCN1CCc2ccccc2CC1. The quantitative estimate of drug-likeness (QED) is 0.797. The van der Waals surface area contributed by atoms with Crippen LogP contribution in [-0.2, 0) is 12.8 Å². The molecule has 0 spiro atoms. The second kappa shape index (κ2) is 8.40. The summed E-state index contributed by atoms with van der Waals surface area (Å²) < 4.78 is 0. The van der Waals surface area contributed by atoms with Crippen LogP contribution in [0.3, 0.4) is 0 Å². The minimum Gasteiger partial charge on any atom is -0.395 e.